The van der Waals surface area contributed by atoms with Gasteiger partial charge in [-0.05, 0) is 67.2 Å². The van der Waals surface area contributed by atoms with Gasteiger partial charge in [0.1, 0.15) is 0 Å². The van der Waals surface area contributed by atoms with Gasteiger partial charge in [0.2, 0.25) is 5.91 Å². The summed E-state index contributed by atoms with van der Waals surface area (Å²) in [6.07, 6.45) is 7.26. The van der Waals surface area contributed by atoms with Gasteiger partial charge < -0.3 is 10.2 Å². The third kappa shape index (κ3) is 5.11. The molecule has 0 saturated heterocycles. The van der Waals surface area contributed by atoms with Gasteiger partial charge in [-0.1, -0.05) is 12.1 Å². The van der Waals surface area contributed by atoms with Gasteiger partial charge in [0, 0.05) is 42.4 Å². The van der Waals surface area contributed by atoms with Crippen LogP contribution in [0.2, 0.25) is 0 Å². The molecule has 2 fully saturated rings. The van der Waals surface area contributed by atoms with E-state index in [0.29, 0.717) is 18.2 Å². The van der Waals surface area contributed by atoms with Crippen LogP contribution >= 0.6 is 0 Å². The smallest absolute Gasteiger partial charge is 0.269 e. The number of amides is 2. The van der Waals surface area contributed by atoms with Crippen LogP contribution in [-0.2, 0) is 11.3 Å². The molecular formula is C23H23N3O4. The van der Waals surface area contributed by atoms with Gasteiger partial charge >= 0.3 is 0 Å². The van der Waals surface area contributed by atoms with Gasteiger partial charge in [-0.15, -0.1) is 0 Å². The standard InChI is InChI=1S/C23H23N3O4/c27-22(14-5-16-3-10-21(11-4-16)26(29)30)25(20-12-13-20)15-17-1-6-18(7-2-17)23(28)24-19-8-9-19/h1-7,10-11,14,19-20H,8-9,12-13,15H2,(H,24,28)/b14-5+. The van der Waals surface area contributed by atoms with Gasteiger partial charge in [-0.3, -0.25) is 19.7 Å². The molecule has 2 aromatic carbocycles. The van der Waals surface area contributed by atoms with Crippen molar-refractivity contribution < 1.29 is 14.5 Å². The first-order valence-corrected chi connectivity index (χ1v) is 10.1. The normalized spacial score (nSPS) is 15.7. The van der Waals surface area contributed by atoms with E-state index in [1.165, 1.54) is 18.2 Å². The topological polar surface area (TPSA) is 92.6 Å². The van der Waals surface area contributed by atoms with Gasteiger partial charge in [0.05, 0.1) is 4.92 Å². The second kappa shape index (κ2) is 8.49. The molecule has 0 spiro atoms. The fourth-order valence-corrected chi connectivity index (χ4v) is 3.20. The van der Waals surface area contributed by atoms with Crippen LogP contribution in [0.3, 0.4) is 0 Å². The number of hydrogen-bond acceptors (Lipinski definition) is 4. The van der Waals surface area contributed by atoms with Crippen LogP contribution in [0.1, 0.15) is 47.2 Å². The van der Waals surface area contributed by atoms with E-state index >= 15 is 0 Å². The molecule has 1 N–H and O–H groups in total. The number of carbonyl (C=O) groups excluding carboxylic acids is 2. The van der Waals surface area contributed by atoms with Gasteiger partial charge in [0.15, 0.2) is 0 Å². The highest BCUT2D eigenvalue weighted by atomic mass is 16.6. The van der Waals surface area contributed by atoms with Crippen molar-refractivity contribution in [3.63, 3.8) is 0 Å². The Balaban J connectivity index is 1.39. The van der Waals surface area contributed by atoms with Crippen molar-refractivity contribution in [3.05, 3.63) is 81.4 Å². The quantitative estimate of drug-likeness (QED) is 0.412. The van der Waals surface area contributed by atoms with Crippen LogP contribution < -0.4 is 5.32 Å². The Morgan fingerprint density at radius 1 is 1.03 bits per heavy atom. The SMILES string of the molecule is O=C(NC1CC1)c1ccc(CN(C(=O)/C=C/c2ccc([N+](=O)[O-])cc2)C2CC2)cc1. The number of nitrogens with one attached hydrogen (secondary N) is 1. The van der Waals surface area contributed by atoms with Gasteiger partial charge in [0.25, 0.3) is 11.6 Å². The summed E-state index contributed by atoms with van der Waals surface area (Å²) in [5, 5.41) is 13.7. The number of hydrogen-bond donors (Lipinski definition) is 1. The summed E-state index contributed by atoms with van der Waals surface area (Å²) in [7, 11) is 0. The van der Waals surface area contributed by atoms with E-state index < -0.39 is 4.92 Å². The Kier molecular flexibility index (Phi) is 5.61. The van der Waals surface area contributed by atoms with Crippen LogP contribution in [-0.4, -0.2) is 33.7 Å². The fraction of sp³-hybridized carbons (Fsp3) is 0.304. The molecule has 0 aliphatic heterocycles. The first-order valence-electron chi connectivity index (χ1n) is 10.1. The minimum atomic E-state index is -0.450. The van der Waals surface area contributed by atoms with E-state index in [2.05, 4.69) is 5.32 Å². The van der Waals surface area contributed by atoms with E-state index in [9.17, 15) is 19.7 Å². The maximum Gasteiger partial charge on any atom is 0.269 e. The molecule has 2 aliphatic rings. The lowest BCUT2D eigenvalue weighted by atomic mass is 10.1. The molecule has 2 amide bonds. The summed E-state index contributed by atoms with van der Waals surface area (Å²) in [5.74, 6) is -0.142. The van der Waals surface area contributed by atoms with Crippen LogP contribution in [0.15, 0.2) is 54.6 Å². The summed E-state index contributed by atoms with van der Waals surface area (Å²) < 4.78 is 0. The molecule has 0 heterocycles. The van der Waals surface area contributed by atoms with Crippen molar-refractivity contribution in [1.29, 1.82) is 0 Å². The average molecular weight is 405 g/mol. The van der Waals surface area contributed by atoms with Gasteiger partial charge in [-0.2, -0.15) is 0 Å². The van der Waals surface area contributed by atoms with Crippen molar-refractivity contribution in [2.24, 2.45) is 0 Å². The lowest BCUT2D eigenvalue weighted by Crippen LogP contribution is -2.31. The predicted molar refractivity (Wildman–Crippen MR) is 113 cm³/mol. The summed E-state index contributed by atoms with van der Waals surface area (Å²) in [4.78, 5) is 37.0. The molecule has 7 nitrogen and oxygen atoms in total. The Morgan fingerprint density at radius 2 is 1.70 bits per heavy atom. The zero-order valence-electron chi connectivity index (χ0n) is 16.5. The number of benzene rings is 2. The summed E-state index contributed by atoms with van der Waals surface area (Å²) in [6.45, 7) is 0.485. The number of non-ortho nitro benzene ring substituents is 1. The minimum Gasteiger partial charge on any atom is -0.349 e. The van der Waals surface area contributed by atoms with Gasteiger partial charge in [-0.25, -0.2) is 0 Å². The van der Waals surface area contributed by atoms with E-state index in [1.807, 2.05) is 17.0 Å². The van der Waals surface area contributed by atoms with Crippen molar-refractivity contribution in [2.45, 2.75) is 44.3 Å². The van der Waals surface area contributed by atoms with Crippen molar-refractivity contribution >= 4 is 23.6 Å². The second-order valence-electron chi connectivity index (χ2n) is 7.82. The zero-order valence-corrected chi connectivity index (χ0v) is 16.5. The number of rotatable bonds is 8. The second-order valence-corrected chi connectivity index (χ2v) is 7.82. The molecule has 0 bridgehead atoms. The zero-order chi connectivity index (χ0) is 21.1. The predicted octanol–water partition coefficient (Wildman–Crippen LogP) is 3.69. The molecule has 2 aliphatic carbocycles. The molecule has 2 aromatic rings. The molecule has 4 rings (SSSR count). The molecule has 30 heavy (non-hydrogen) atoms. The lowest BCUT2D eigenvalue weighted by molar-refractivity contribution is -0.384. The Hall–Kier alpha value is -3.48. The maximum absolute atomic E-state index is 12.7. The first-order chi connectivity index (χ1) is 14.5. The molecular weight excluding hydrogens is 382 g/mol. The highest BCUT2D eigenvalue weighted by Crippen LogP contribution is 2.29. The molecule has 0 unspecified atom stereocenters. The van der Waals surface area contributed by atoms with Crippen LogP contribution in [0.4, 0.5) is 5.69 Å². The van der Waals surface area contributed by atoms with Crippen LogP contribution in [0.25, 0.3) is 6.08 Å². The van der Waals surface area contributed by atoms with E-state index in [4.69, 9.17) is 0 Å². The Labute approximate surface area is 174 Å². The molecule has 0 aromatic heterocycles. The molecule has 0 atom stereocenters. The number of carbonyl (C=O) groups is 2. The fourth-order valence-electron chi connectivity index (χ4n) is 3.20. The highest BCUT2D eigenvalue weighted by molar-refractivity contribution is 5.94. The molecule has 2 saturated carbocycles. The molecule has 7 heteroatoms. The van der Waals surface area contributed by atoms with Crippen LogP contribution in [0, 0.1) is 10.1 Å². The number of nitrogens with zero attached hydrogens (tertiary/aromatic N) is 2. The molecule has 154 valence electrons. The number of nitro groups is 1. The first kappa shape index (κ1) is 19.8. The Morgan fingerprint density at radius 3 is 2.27 bits per heavy atom. The van der Waals surface area contributed by atoms with E-state index in [1.54, 1.807) is 30.3 Å². The minimum absolute atomic E-state index is 0.0207. The summed E-state index contributed by atoms with van der Waals surface area (Å²) in [6, 6.07) is 14.0. The summed E-state index contributed by atoms with van der Waals surface area (Å²) >= 11 is 0. The lowest BCUT2D eigenvalue weighted by Gasteiger charge is -2.21. The Bertz CT molecular complexity index is 975. The van der Waals surface area contributed by atoms with Crippen molar-refractivity contribution in [2.75, 3.05) is 0 Å². The largest absolute Gasteiger partial charge is 0.349 e. The average Bonchev–Trinajstić information content (AvgIpc) is 3.66. The van der Waals surface area contributed by atoms with Crippen LogP contribution in [0.5, 0.6) is 0 Å². The van der Waals surface area contributed by atoms with Crippen molar-refractivity contribution in [3.8, 4) is 0 Å². The maximum atomic E-state index is 12.7. The number of nitro benzene ring substituents is 1. The third-order valence-corrected chi connectivity index (χ3v) is 5.27. The van der Waals surface area contributed by atoms with E-state index in [-0.39, 0.29) is 23.5 Å². The third-order valence-electron chi connectivity index (χ3n) is 5.27. The molecule has 0 radical (unpaired) electrons. The monoisotopic (exact) mass is 405 g/mol. The highest BCUT2D eigenvalue weighted by Gasteiger charge is 2.31. The van der Waals surface area contributed by atoms with E-state index in [0.717, 1.165) is 36.8 Å². The summed E-state index contributed by atoms with van der Waals surface area (Å²) in [5.41, 5.74) is 2.36. The van der Waals surface area contributed by atoms with Crippen molar-refractivity contribution in [1.82, 2.24) is 10.2 Å².